The molecule has 0 aliphatic heterocycles. The minimum absolute atomic E-state index is 0.487. The van der Waals surface area contributed by atoms with Gasteiger partial charge in [-0.05, 0) is 63.2 Å². The van der Waals surface area contributed by atoms with E-state index >= 15 is 0 Å². The standard InChI is InChI=1S/C58H37N7SSi/c1-3-18-39(19-4-1)67(40-20-5-2-6-21-40,53-33-17-25-45-44-24-9-16-32-52(44)66-54(45)53)41-36-34-38(35-37-41)55-60-56(63-47-27-11-7-22-42(47)43-23-8-12-28-48(43)63)62-57(61-55)65-51-31-15-14-30-50(51)64-49-29-13-10-26-46(49)59-58(64)65/h1-37H. The lowest BCUT2D eigenvalue weighted by molar-refractivity contribution is 0.885. The number of hydrogen-bond acceptors (Lipinski definition) is 5. The highest BCUT2D eigenvalue weighted by molar-refractivity contribution is 7.30. The van der Waals surface area contributed by atoms with Crippen LogP contribution >= 0.6 is 11.3 Å². The molecule has 0 fully saturated rings. The van der Waals surface area contributed by atoms with Crippen LogP contribution in [0.25, 0.3) is 93.1 Å². The molecule has 0 aliphatic rings. The lowest BCUT2D eigenvalue weighted by Gasteiger charge is -2.35. The van der Waals surface area contributed by atoms with Crippen molar-refractivity contribution in [3.63, 3.8) is 0 Å². The lowest BCUT2D eigenvalue weighted by atomic mass is 10.1. The summed E-state index contributed by atoms with van der Waals surface area (Å²) in [5.74, 6) is 2.32. The molecule has 14 rings (SSSR count). The quantitative estimate of drug-likeness (QED) is 0.118. The predicted molar refractivity (Wildman–Crippen MR) is 279 cm³/mol. The largest absolute Gasteiger partial charge is 0.278 e. The molecule has 5 aromatic heterocycles. The smallest absolute Gasteiger partial charge is 0.242 e. The molecule has 5 heterocycles. The summed E-state index contributed by atoms with van der Waals surface area (Å²) >= 11 is 1.90. The molecule has 0 spiro atoms. The third-order valence-electron chi connectivity index (χ3n) is 13.5. The zero-order valence-corrected chi connectivity index (χ0v) is 37.7. The van der Waals surface area contributed by atoms with Crippen molar-refractivity contribution in [2.24, 2.45) is 0 Å². The van der Waals surface area contributed by atoms with Gasteiger partial charge in [-0.2, -0.15) is 15.0 Å². The van der Waals surface area contributed by atoms with Crippen molar-refractivity contribution in [1.29, 1.82) is 0 Å². The van der Waals surface area contributed by atoms with E-state index in [-0.39, 0.29) is 0 Å². The zero-order valence-electron chi connectivity index (χ0n) is 35.9. The van der Waals surface area contributed by atoms with Crippen molar-refractivity contribution in [3.8, 4) is 23.3 Å². The fraction of sp³-hybridized carbons (Fsp3) is 0. The first kappa shape index (κ1) is 37.8. The van der Waals surface area contributed by atoms with Gasteiger partial charge in [0.05, 0.1) is 33.1 Å². The highest BCUT2D eigenvalue weighted by Crippen LogP contribution is 2.36. The van der Waals surface area contributed by atoms with Crippen LogP contribution in [-0.2, 0) is 0 Å². The molecule has 0 amide bonds. The molecule has 0 N–H and O–H groups in total. The number of rotatable bonds is 7. The van der Waals surface area contributed by atoms with Gasteiger partial charge in [-0.3, -0.25) is 8.97 Å². The molecule has 14 aromatic rings. The van der Waals surface area contributed by atoms with Crippen molar-refractivity contribution in [3.05, 3.63) is 224 Å². The summed E-state index contributed by atoms with van der Waals surface area (Å²) in [4.78, 5) is 21.4. The van der Waals surface area contributed by atoms with Crippen LogP contribution < -0.4 is 20.7 Å². The number of imidazole rings is 2. The molecule has 0 bridgehead atoms. The Kier molecular flexibility index (Phi) is 8.34. The Hall–Kier alpha value is -8.50. The Balaban J connectivity index is 1.04. The monoisotopic (exact) mass is 891 g/mol. The average molecular weight is 892 g/mol. The number of aromatic nitrogens is 7. The van der Waals surface area contributed by atoms with Crippen LogP contribution in [-0.4, -0.2) is 41.5 Å². The predicted octanol–water partition coefficient (Wildman–Crippen LogP) is 11.1. The summed E-state index contributed by atoms with van der Waals surface area (Å²) in [6.07, 6.45) is 0. The molecule has 7 nitrogen and oxygen atoms in total. The molecule has 9 heteroatoms. The van der Waals surface area contributed by atoms with E-state index in [2.05, 4.69) is 232 Å². The van der Waals surface area contributed by atoms with Crippen LogP contribution in [0.3, 0.4) is 0 Å². The molecule has 0 aliphatic carbocycles. The van der Waals surface area contributed by atoms with Gasteiger partial charge in [0.15, 0.2) is 13.9 Å². The molecule has 314 valence electrons. The van der Waals surface area contributed by atoms with Crippen LogP contribution in [0.1, 0.15) is 0 Å². The van der Waals surface area contributed by atoms with E-state index in [0.29, 0.717) is 17.7 Å². The molecule has 0 saturated carbocycles. The molecule has 0 radical (unpaired) electrons. The summed E-state index contributed by atoms with van der Waals surface area (Å²) < 4.78 is 9.10. The molecular weight excluding hydrogens is 855 g/mol. The summed E-state index contributed by atoms with van der Waals surface area (Å²) in [6.45, 7) is 0. The van der Waals surface area contributed by atoms with E-state index in [1.54, 1.807) is 0 Å². The Bertz CT molecular complexity index is 4130. The SMILES string of the molecule is c1ccc([Si](c2ccccc2)(c2ccc(-c3nc(-n4c5ccccc5c5ccccc54)nc(-n4c5ccccc5n5c6ccccc6nc45)n3)cc2)c2cccc3c2sc2ccccc23)cc1. The Morgan fingerprint density at radius 2 is 0.881 bits per heavy atom. The minimum Gasteiger partial charge on any atom is -0.278 e. The molecule has 0 unspecified atom stereocenters. The van der Waals surface area contributed by atoms with E-state index < -0.39 is 8.07 Å². The van der Waals surface area contributed by atoms with Crippen LogP contribution in [0.2, 0.25) is 0 Å². The zero-order chi connectivity index (χ0) is 44.1. The number of para-hydroxylation sites is 6. The highest BCUT2D eigenvalue weighted by atomic mass is 32.1. The van der Waals surface area contributed by atoms with E-state index in [0.717, 1.165) is 55.2 Å². The van der Waals surface area contributed by atoms with Crippen LogP contribution in [0.5, 0.6) is 0 Å². The highest BCUT2D eigenvalue weighted by Gasteiger charge is 2.43. The molecule has 0 saturated heterocycles. The first-order valence-electron chi connectivity index (χ1n) is 22.5. The van der Waals surface area contributed by atoms with Crippen molar-refractivity contribution in [1.82, 2.24) is 33.5 Å². The maximum Gasteiger partial charge on any atom is 0.242 e. The van der Waals surface area contributed by atoms with Crippen molar-refractivity contribution < 1.29 is 0 Å². The first-order valence-corrected chi connectivity index (χ1v) is 25.3. The van der Waals surface area contributed by atoms with Crippen molar-refractivity contribution >= 4 is 110 Å². The number of benzene rings is 9. The summed E-state index contributed by atoms with van der Waals surface area (Å²) in [7, 11) is -2.96. The van der Waals surface area contributed by atoms with E-state index in [1.807, 2.05) is 17.4 Å². The minimum atomic E-state index is -2.96. The Morgan fingerprint density at radius 3 is 1.57 bits per heavy atom. The maximum atomic E-state index is 5.41. The summed E-state index contributed by atoms with van der Waals surface area (Å²) in [5.41, 5.74) is 6.83. The third kappa shape index (κ3) is 5.56. The Morgan fingerprint density at radius 1 is 0.358 bits per heavy atom. The van der Waals surface area contributed by atoms with Crippen molar-refractivity contribution in [2.45, 2.75) is 0 Å². The number of hydrogen-bond donors (Lipinski definition) is 0. The van der Waals surface area contributed by atoms with E-state index in [4.69, 9.17) is 19.9 Å². The average Bonchev–Trinajstić information content (AvgIpc) is 4.15. The fourth-order valence-corrected chi connectivity index (χ4v) is 17.2. The van der Waals surface area contributed by atoms with Gasteiger partial charge in [0.1, 0.15) is 0 Å². The third-order valence-corrected chi connectivity index (χ3v) is 19.7. The molecule has 67 heavy (non-hydrogen) atoms. The number of fused-ring (bicyclic) bond motifs is 11. The van der Waals surface area contributed by atoms with Crippen molar-refractivity contribution in [2.75, 3.05) is 0 Å². The topological polar surface area (TPSA) is 65.8 Å². The van der Waals surface area contributed by atoms with Gasteiger partial charge < -0.3 is 0 Å². The summed E-state index contributed by atoms with van der Waals surface area (Å²) in [6, 6.07) is 80.8. The molecule has 9 aromatic carbocycles. The van der Waals surface area contributed by atoms with E-state index in [9.17, 15) is 0 Å². The van der Waals surface area contributed by atoms with Gasteiger partial charge in [0.2, 0.25) is 17.7 Å². The second-order valence-electron chi connectivity index (χ2n) is 17.0. The van der Waals surface area contributed by atoms with Gasteiger partial charge in [0.25, 0.3) is 0 Å². The number of nitrogens with zero attached hydrogens (tertiary/aromatic N) is 7. The summed E-state index contributed by atoms with van der Waals surface area (Å²) in [5, 5.41) is 10.2. The number of thiophene rings is 1. The first-order chi connectivity index (χ1) is 33.2. The van der Waals surface area contributed by atoms with Gasteiger partial charge >= 0.3 is 0 Å². The van der Waals surface area contributed by atoms with Gasteiger partial charge in [-0.1, -0.05) is 182 Å². The molecule has 0 atom stereocenters. The van der Waals surface area contributed by atoms with Crippen LogP contribution in [0.15, 0.2) is 224 Å². The molecular formula is C58H37N7SSi. The van der Waals surface area contributed by atoms with Crippen LogP contribution in [0.4, 0.5) is 0 Å². The Labute approximate surface area is 389 Å². The van der Waals surface area contributed by atoms with Gasteiger partial charge in [-0.25, -0.2) is 9.55 Å². The van der Waals surface area contributed by atoms with Gasteiger partial charge in [-0.15, -0.1) is 11.3 Å². The second kappa shape index (κ2) is 14.8. The lowest BCUT2D eigenvalue weighted by Crippen LogP contribution is -2.74. The van der Waals surface area contributed by atoms with Crippen LogP contribution in [0, 0.1) is 0 Å². The second-order valence-corrected chi connectivity index (χ2v) is 21.9. The normalized spacial score (nSPS) is 12.2. The fourth-order valence-electron chi connectivity index (χ4n) is 10.6. The maximum absolute atomic E-state index is 5.41. The van der Waals surface area contributed by atoms with E-state index in [1.165, 1.54) is 40.9 Å². The van der Waals surface area contributed by atoms with Gasteiger partial charge in [0, 0.05) is 36.5 Å².